The summed E-state index contributed by atoms with van der Waals surface area (Å²) in [6.07, 6.45) is 4.29. The minimum atomic E-state index is -0.192. The summed E-state index contributed by atoms with van der Waals surface area (Å²) >= 11 is 0. The number of carbonyl (C=O) groups is 1. The van der Waals surface area contributed by atoms with E-state index in [1.54, 1.807) is 6.20 Å². The number of hydrogen-bond acceptors (Lipinski definition) is 4. The second-order valence-electron chi connectivity index (χ2n) is 9.61. The predicted octanol–water partition coefficient (Wildman–Crippen LogP) is 3.89. The average molecular weight is 457 g/mol. The summed E-state index contributed by atoms with van der Waals surface area (Å²) in [5.74, 6) is 1.15. The van der Waals surface area contributed by atoms with Crippen LogP contribution in [0.25, 0.3) is 16.6 Å². The lowest BCUT2D eigenvalue weighted by molar-refractivity contribution is 0.0734. The maximum Gasteiger partial charge on any atom is 0.274 e. The van der Waals surface area contributed by atoms with Gasteiger partial charge in [0.1, 0.15) is 11.3 Å². The van der Waals surface area contributed by atoms with Crippen molar-refractivity contribution in [2.45, 2.75) is 45.6 Å². The maximum atomic E-state index is 13.6. The van der Waals surface area contributed by atoms with Crippen molar-refractivity contribution in [3.63, 3.8) is 0 Å². The molecule has 1 fully saturated rings. The molecule has 2 aromatic carbocycles. The Morgan fingerprint density at radius 2 is 1.91 bits per heavy atom. The quantitative estimate of drug-likeness (QED) is 0.496. The van der Waals surface area contributed by atoms with Crippen LogP contribution in [0.4, 0.5) is 0 Å². The number of aromatic nitrogens is 3. The molecule has 0 atom stereocenters. The molecule has 0 saturated carbocycles. The highest BCUT2D eigenvalue weighted by molar-refractivity contribution is 5.99. The molecule has 0 aliphatic carbocycles. The zero-order valence-corrected chi connectivity index (χ0v) is 19.6. The third-order valence-electron chi connectivity index (χ3n) is 7.33. The van der Waals surface area contributed by atoms with E-state index in [9.17, 15) is 9.59 Å². The molecular formula is C27H28N4O3. The van der Waals surface area contributed by atoms with Gasteiger partial charge in [0.2, 0.25) is 0 Å². The minimum absolute atomic E-state index is 0.00172. The van der Waals surface area contributed by atoms with Gasteiger partial charge < -0.3 is 14.6 Å². The van der Waals surface area contributed by atoms with Crippen LogP contribution in [0, 0.1) is 13.8 Å². The molecule has 4 aromatic rings. The largest absolute Gasteiger partial charge is 0.381 e. The van der Waals surface area contributed by atoms with Crippen LogP contribution in [-0.4, -0.2) is 44.9 Å². The van der Waals surface area contributed by atoms with E-state index >= 15 is 0 Å². The number of benzene rings is 2. The van der Waals surface area contributed by atoms with Gasteiger partial charge in [-0.25, -0.2) is 4.98 Å². The van der Waals surface area contributed by atoms with Gasteiger partial charge in [-0.3, -0.25) is 14.0 Å². The normalized spacial score (nSPS) is 16.8. The van der Waals surface area contributed by atoms with E-state index in [0.29, 0.717) is 42.9 Å². The van der Waals surface area contributed by atoms with E-state index in [0.717, 1.165) is 36.2 Å². The van der Waals surface area contributed by atoms with E-state index < -0.39 is 0 Å². The summed E-state index contributed by atoms with van der Waals surface area (Å²) in [4.78, 5) is 36.0. The zero-order chi connectivity index (χ0) is 23.4. The number of imidazole rings is 1. The number of H-pyrrole nitrogens is 1. The van der Waals surface area contributed by atoms with E-state index in [-0.39, 0.29) is 17.4 Å². The van der Waals surface area contributed by atoms with Gasteiger partial charge >= 0.3 is 0 Å². The molecule has 1 N–H and O–H groups in total. The highest BCUT2D eigenvalue weighted by atomic mass is 16.5. The summed E-state index contributed by atoms with van der Waals surface area (Å²) in [5.41, 5.74) is 7.19. The molecule has 4 heterocycles. The number of nitrogens with one attached hydrogen (secondary N) is 1. The smallest absolute Gasteiger partial charge is 0.274 e. The number of nitrogens with zero attached hydrogens (tertiary/aromatic N) is 3. The van der Waals surface area contributed by atoms with Crippen molar-refractivity contribution in [2.24, 2.45) is 0 Å². The summed E-state index contributed by atoms with van der Waals surface area (Å²) < 4.78 is 7.50. The van der Waals surface area contributed by atoms with Crippen molar-refractivity contribution in [1.29, 1.82) is 0 Å². The predicted molar refractivity (Wildman–Crippen MR) is 130 cm³/mol. The van der Waals surface area contributed by atoms with Crippen molar-refractivity contribution in [2.75, 3.05) is 19.8 Å². The van der Waals surface area contributed by atoms with Crippen LogP contribution in [-0.2, 0) is 17.7 Å². The van der Waals surface area contributed by atoms with Gasteiger partial charge in [0, 0.05) is 37.8 Å². The summed E-state index contributed by atoms with van der Waals surface area (Å²) in [5, 5.41) is 0. The fraction of sp³-hybridized carbons (Fsp3) is 0.370. The molecule has 0 spiro atoms. The van der Waals surface area contributed by atoms with Gasteiger partial charge in [-0.2, -0.15) is 0 Å². The Bertz CT molecular complexity index is 1490. The van der Waals surface area contributed by atoms with Crippen LogP contribution in [0.15, 0.2) is 41.3 Å². The number of fused-ring (bicyclic) bond motifs is 4. The Kier molecular flexibility index (Phi) is 5.03. The van der Waals surface area contributed by atoms with Crippen molar-refractivity contribution >= 4 is 22.5 Å². The first-order valence-electron chi connectivity index (χ1n) is 12.0. The Hall–Kier alpha value is -3.45. The second kappa shape index (κ2) is 8.09. The van der Waals surface area contributed by atoms with E-state index in [1.165, 1.54) is 16.7 Å². The SMILES string of the molecule is Cc1ccc2c(c1)CCN(C(=O)c1cc3[nH]c(=O)c4cnc(C5CCOCC5)n4c3cc1C)C2. The van der Waals surface area contributed by atoms with Crippen LogP contribution in [0.1, 0.15) is 57.2 Å². The zero-order valence-electron chi connectivity index (χ0n) is 19.6. The Morgan fingerprint density at radius 3 is 2.74 bits per heavy atom. The van der Waals surface area contributed by atoms with Gasteiger partial charge in [0.05, 0.1) is 17.2 Å². The molecule has 2 aliphatic heterocycles. The number of aromatic amines is 1. The summed E-state index contributed by atoms with van der Waals surface area (Å²) in [6, 6.07) is 10.3. The molecule has 6 rings (SSSR count). The van der Waals surface area contributed by atoms with Crippen LogP contribution in [0.3, 0.4) is 0 Å². The van der Waals surface area contributed by atoms with Crippen LogP contribution in [0.2, 0.25) is 0 Å². The molecule has 7 heteroatoms. The number of aryl methyl sites for hydroxylation is 2. The third kappa shape index (κ3) is 3.42. The van der Waals surface area contributed by atoms with Crippen LogP contribution in [0.5, 0.6) is 0 Å². The molecule has 0 bridgehead atoms. The Balaban J connectivity index is 1.41. The van der Waals surface area contributed by atoms with Gasteiger partial charge in [-0.05, 0) is 61.9 Å². The molecule has 0 unspecified atom stereocenters. The standard InChI is InChI=1S/C27H28N4O3/c1-16-3-4-20-15-30(8-5-19(20)11-16)27(33)21-13-22-23(12-17(21)2)31-24(26(32)29-22)14-28-25(31)18-6-9-34-10-7-18/h3-4,11-14,18H,5-10,15H2,1-2H3,(H,29,32). The molecule has 34 heavy (non-hydrogen) atoms. The Labute approximate surface area is 197 Å². The van der Waals surface area contributed by atoms with Crippen molar-refractivity contribution in [3.8, 4) is 0 Å². The lowest BCUT2D eigenvalue weighted by Gasteiger charge is -2.29. The summed E-state index contributed by atoms with van der Waals surface area (Å²) in [6.45, 7) is 6.78. The number of carbonyl (C=O) groups excluding carboxylic acids is 1. The van der Waals surface area contributed by atoms with Gasteiger partial charge in [-0.1, -0.05) is 23.8 Å². The van der Waals surface area contributed by atoms with Crippen molar-refractivity contribution < 1.29 is 9.53 Å². The number of hydrogen-bond donors (Lipinski definition) is 1. The van der Waals surface area contributed by atoms with Gasteiger partial charge in [0.25, 0.3) is 11.5 Å². The first kappa shape index (κ1) is 21.1. The topological polar surface area (TPSA) is 79.7 Å². The number of ether oxygens (including phenoxy) is 1. The van der Waals surface area contributed by atoms with Crippen LogP contribution < -0.4 is 5.56 Å². The molecule has 7 nitrogen and oxygen atoms in total. The number of amides is 1. The first-order valence-corrected chi connectivity index (χ1v) is 12.0. The number of rotatable bonds is 2. The van der Waals surface area contributed by atoms with Gasteiger partial charge in [0.15, 0.2) is 0 Å². The molecule has 2 aliphatic rings. The molecule has 1 amide bonds. The molecule has 2 aromatic heterocycles. The monoisotopic (exact) mass is 456 g/mol. The van der Waals surface area contributed by atoms with E-state index in [2.05, 4.69) is 35.1 Å². The fourth-order valence-electron chi connectivity index (χ4n) is 5.44. The Morgan fingerprint density at radius 1 is 1.09 bits per heavy atom. The molecule has 1 saturated heterocycles. The maximum absolute atomic E-state index is 13.6. The lowest BCUT2D eigenvalue weighted by atomic mass is 9.96. The van der Waals surface area contributed by atoms with Crippen molar-refractivity contribution in [1.82, 2.24) is 19.3 Å². The fourth-order valence-corrected chi connectivity index (χ4v) is 5.44. The third-order valence-corrected chi connectivity index (χ3v) is 7.33. The van der Waals surface area contributed by atoms with Crippen LogP contribution >= 0.6 is 0 Å². The molecular weight excluding hydrogens is 428 g/mol. The highest BCUT2D eigenvalue weighted by Gasteiger charge is 2.25. The summed E-state index contributed by atoms with van der Waals surface area (Å²) in [7, 11) is 0. The van der Waals surface area contributed by atoms with E-state index in [1.807, 2.05) is 28.4 Å². The molecule has 174 valence electrons. The molecule has 0 radical (unpaired) electrons. The van der Waals surface area contributed by atoms with Crippen molar-refractivity contribution in [3.05, 3.63) is 80.5 Å². The first-order chi connectivity index (χ1) is 16.5. The highest BCUT2D eigenvalue weighted by Crippen LogP contribution is 2.29. The minimum Gasteiger partial charge on any atom is -0.381 e. The lowest BCUT2D eigenvalue weighted by Crippen LogP contribution is -2.36. The average Bonchev–Trinajstić information content (AvgIpc) is 3.30. The van der Waals surface area contributed by atoms with Gasteiger partial charge in [-0.15, -0.1) is 0 Å². The van der Waals surface area contributed by atoms with E-state index in [4.69, 9.17) is 4.74 Å². The second-order valence-corrected chi connectivity index (χ2v) is 9.61.